The quantitative estimate of drug-likeness (QED) is 0.397. The second kappa shape index (κ2) is 8.71. The first-order valence-electron chi connectivity index (χ1n) is 7.29. The maximum atomic E-state index is 5.33. The fourth-order valence-corrected chi connectivity index (χ4v) is 2.35. The summed E-state index contributed by atoms with van der Waals surface area (Å²) in [5, 5.41) is 7.90. The van der Waals surface area contributed by atoms with Crippen LogP contribution in [0.4, 0.5) is 0 Å². The summed E-state index contributed by atoms with van der Waals surface area (Å²) < 4.78 is 5.33. The maximum absolute atomic E-state index is 5.33. The van der Waals surface area contributed by atoms with Crippen molar-refractivity contribution >= 4 is 23.5 Å². The lowest BCUT2D eigenvalue weighted by atomic mass is 10.1. The second-order valence-corrected chi connectivity index (χ2v) is 5.50. The zero-order valence-corrected chi connectivity index (χ0v) is 13.2. The van der Waals surface area contributed by atoms with Crippen LogP contribution in [0.5, 0.6) is 0 Å². The fourth-order valence-electron chi connectivity index (χ4n) is 2.19. The lowest BCUT2D eigenvalue weighted by Crippen LogP contribution is -3.14. The van der Waals surface area contributed by atoms with Gasteiger partial charge in [-0.15, -0.1) is 0 Å². The van der Waals surface area contributed by atoms with Crippen molar-refractivity contribution in [2.75, 3.05) is 39.4 Å². The number of morpholine rings is 1. The van der Waals surface area contributed by atoms with Gasteiger partial charge in [0.25, 0.3) is 0 Å². The van der Waals surface area contributed by atoms with Gasteiger partial charge in [0.2, 0.25) is 0 Å². The summed E-state index contributed by atoms with van der Waals surface area (Å²) in [6, 6.07) is 8.10. The van der Waals surface area contributed by atoms with Gasteiger partial charge in [0.05, 0.1) is 32.5 Å². The van der Waals surface area contributed by atoms with Gasteiger partial charge in [-0.2, -0.15) is 5.10 Å². The summed E-state index contributed by atoms with van der Waals surface area (Å²) in [4.78, 5) is 1.56. The SMILES string of the molecule is Cc1ccccc1/C=N\NC(=S)NCC[NH+]1CCOCC1. The molecule has 6 heteroatoms. The van der Waals surface area contributed by atoms with Crippen molar-refractivity contribution < 1.29 is 9.64 Å². The molecule has 114 valence electrons. The van der Waals surface area contributed by atoms with Gasteiger partial charge in [0, 0.05) is 0 Å². The third kappa shape index (κ3) is 5.79. The van der Waals surface area contributed by atoms with Gasteiger partial charge in [-0.25, -0.2) is 0 Å². The van der Waals surface area contributed by atoms with Gasteiger partial charge in [-0.05, 0) is 30.3 Å². The number of nitrogens with one attached hydrogen (secondary N) is 3. The van der Waals surface area contributed by atoms with Crippen LogP contribution in [0, 0.1) is 6.92 Å². The van der Waals surface area contributed by atoms with Gasteiger partial charge in [-0.3, -0.25) is 5.43 Å². The molecule has 3 N–H and O–H groups in total. The number of quaternary nitrogens is 1. The van der Waals surface area contributed by atoms with Crippen molar-refractivity contribution in [2.45, 2.75) is 6.92 Å². The molecule has 0 saturated carbocycles. The van der Waals surface area contributed by atoms with E-state index in [0.29, 0.717) is 5.11 Å². The van der Waals surface area contributed by atoms with Crippen molar-refractivity contribution in [1.29, 1.82) is 0 Å². The molecule has 0 unspecified atom stereocenters. The minimum absolute atomic E-state index is 0.562. The van der Waals surface area contributed by atoms with E-state index in [1.807, 2.05) is 18.2 Å². The first-order chi connectivity index (χ1) is 10.3. The van der Waals surface area contributed by atoms with E-state index >= 15 is 0 Å². The number of aryl methyl sites for hydroxylation is 1. The van der Waals surface area contributed by atoms with Gasteiger partial charge < -0.3 is 15.0 Å². The topological polar surface area (TPSA) is 50.1 Å². The maximum Gasteiger partial charge on any atom is 0.187 e. The molecule has 21 heavy (non-hydrogen) atoms. The predicted molar refractivity (Wildman–Crippen MR) is 88.9 cm³/mol. The predicted octanol–water partition coefficient (Wildman–Crippen LogP) is -0.292. The summed E-state index contributed by atoms with van der Waals surface area (Å²) in [6.07, 6.45) is 1.79. The van der Waals surface area contributed by atoms with Crippen molar-refractivity contribution in [2.24, 2.45) is 5.10 Å². The molecule has 1 heterocycles. The van der Waals surface area contributed by atoms with Gasteiger partial charge in [0.15, 0.2) is 5.11 Å². The van der Waals surface area contributed by atoms with E-state index < -0.39 is 0 Å². The zero-order valence-electron chi connectivity index (χ0n) is 12.4. The molecule has 1 aliphatic heterocycles. The summed E-state index contributed by atoms with van der Waals surface area (Å²) in [7, 11) is 0. The Morgan fingerprint density at radius 2 is 2.14 bits per heavy atom. The molecule has 0 aromatic heterocycles. The van der Waals surface area contributed by atoms with Crippen LogP contribution in [0.2, 0.25) is 0 Å². The normalized spacial score (nSPS) is 16.0. The summed E-state index contributed by atoms with van der Waals surface area (Å²) in [5.74, 6) is 0. The third-order valence-corrected chi connectivity index (χ3v) is 3.76. The van der Waals surface area contributed by atoms with Crippen molar-refractivity contribution in [3.05, 3.63) is 35.4 Å². The van der Waals surface area contributed by atoms with Gasteiger partial charge >= 0.3 is 0 Å². The van der Waals surface area contributed by atoms with Crippen LogP contribution < -0.4 is 15.6 Å². The monoisotopic (exact) mass is 307 g/mol. The van der Waals surface area contributed by atoms with E-state index in [1.165, 1.54) is 5.56 Å². The number of hydrogen-bond acceptors (Lipinski definition) is 3. The molecule has 1 fully saturated rings. The van der Waals surface area contributed by atoms with Crippen LogP contribution in [0.3, 0.4) is 0 Å². The minimum atomic E-state index is 0.562. The van der Waals surface area contributed by atoms with Gasteiger partial charge in [0.1, 0.15) is 13.1 Å². The Morgan fingerprint density at radius 3 is 2.90 bits per heavy atom. The van der Waals surface area contributed by atoms with Crippen molar-refractivity contribution in [3.63, 3.8) is 0 Å². The molecule has 0 radical (unpaired) electrons. The molecule has 2 rings (SSSR count). The molecular weight excluding hydrogens is 284 g/mol. The van der Waals surface area contributed by atoms with Crippen LogP contribution in [0.25, 0.3) is 0 Å². The summed E-state index contributed by atoms with van der Waals surface area (Å²) >= 11 is 5.20. The lowest BCUT2D eigenvalue weighted by Gasteiger charge is -2.23. The molecule has 0 bridgehead atoms. The smallest absolute Gasteiger partial charge is 0.187 e. The molecule has 0 aliphatic carbocycles. The van der Waals surface area contributed by atoms with E-state index in [0.717, 1.165) is 45.0 Å². The molecular formula is C15H23N4OS+. The van der Waals surface area contributed by atoms with Crippen LogP contribution in [-0.4, -0.2) is 50.7 Å². The second-order valence-electron chi connectivity index (χ2n) is 5.09. The largest absolute Gasteiger partial charge is 0.370 e. The number of ether oxygens (including phenoxy) is 1. The fraction of sp³-hybridized carbons (Fsp3) is 0.467. The Bertz CT molecular complexity index is 486. The molecule has 1 saturated heterocycles. The Morgan fingerprint density at radius 1 is 1.38 bits per heavy atom. The van der Waals surface area contributed by atoms with Crippen LogP contribution in [0.1, 0.15) is 11.1 Å². The molecule has 0 atom stereocenters. The third-order valence-electron chi connectivity index (χ3n) is 3.52. The van der Waals surface area contributed by atoms with Crippen LogP contribution in [-0.2, 0) is 4.74 Å². The Labute approximate surface area is 131 Å². The van der Waals surface area contributed by atoms with Gasteiger partial charge in [-0.1, -0.05) is 24.3 Å². The number of benzene rings is 1. The summed E-state index contributed by atoms with van der Waals surface area (Å²) in [5.41, 5.74) is 5.13. The number of hydrogen-bond donors (Lipinski definition) is 3. The molecule has 1 aliphatic rings. The highest BCUT2D eigenvalue weighted by Gasteiger charge is 2.12. The molecule has 5 nitrogen and oxygen atoms in total. The number of thiocarbonyl (C=S) groups is 1. The van der Waals surface area contributed by atoms with E-state index in [1.54, 1.807) is 11.1 Å². The Balaban J connectivity index is 1.64. The molecule has 0 spiro atoms. The highest BCUT2D eigenvalue weighted by molar-refractivity contribution is 7.80. The lowest BCUT2D eigenvalue weighted by molar-refractivity contribution is -0.906. The first-order valence-corrected chi connectivity index (χ1v) is 7.70. The Kier molecular flexibility index (Phi) is 6.59. The molecule has 1 aromatic rings. The highest BCUT2D eigenvalue weighted by Crippen LogP contribution is 2.02. The van der Waals surface area contributed by atoms with E-state index in [4.69, 9.17) is 17.0 Å². The zero-order chi connectivity index (χ0) is 14.9. The number of rotatable bonds is 5. The molecule has 1 aromatic carbocycles. The van der Waals surface area contributed by atoms with Crippen molar-refractivity contribution in [1.82, 2.24) is 10.7 Å². The van der Waals surface area contributed by atoms with Crippen LogP contribution in [0.15, 0.2) is 29.4 Å². The average molecular weight is 307 g/mol. The van der Waals surface area contributed by atoms with E-state index in [2.05, 4.69) is 28.8 Å². The number of nitrogens with zero attached hydrogens (tertiary/aromatic N) is 1. The van der Waals surface area contributed by atoms with Crippen molar-refractivity contribution in [3.8, 4) is 0 Å². The van der Waals surface area contributed by atoms with E-state index in [9.17, 15) is 0 Å². The molecule has 0 amide bonds. The average Bonchev–Trinajstić information content (AvgIpc) is 2.50. The first kappa shape index (κ1) is 15.9. The highest BCUT2D eigenvalue weighted by atomic mass is 32.1. The number of hydrazone groups is 1. The summed E-state index contributed by atoms with van der Waals surface area (Å²) in [6.45, 7) is 7.83. The standard InChI is InChI=1S/C15H22N4OS/c1-13-4-2-3-5-14(13)12-17-18-15(21)16-6-7-19-8-10-20-11-9-19/h2-5,12H,6-11H2,1H3,(H2,16,18,21)/p+1/b17-12-. The minimum Gasteiger partial charge on any atom is -0.370 e. The van der Waals surface area contributed by atoms with E-state index in [-0.39, 0.29) is 0 Å². The Hall–Kier alpha value is -1.50. The van der Waals surface area contributed by atoms with Crippen LogP contribution >= 0.6 is 12.2 Å².